The maximum absolute atomic E-state index is 11.2. The topological polar surface area (TPSA) is 90.4 Å². The third-order valence-corrected chi connectivity index (χ3v) is 3.08. The molecule has 0 aliphatic rings. The van der Waals surface area contributed by atoms with Crippen molar-refractivity contribution in [3.8, 4) is 6.07 Å². The van der Waals surface area contributed by atoms with Crippen LogP contribution in [0, 0.1) is 11.3 Å². The van der Waals surface area contributed by atoms with Crippen molar-refractivity contribution >= 4 is 11.6 Å². The van der Waals surface area contributed by atoms with Gasteiger partial charge in [0.2, 0.25) is 5.91 Å². The van der Waals surface area contributed by atoms with Crippen LogP contribution in [-0.2, 0) is 4.79 Å². The molecule has 1 rings (SSSR count). The molecule has 0 radical (unpaired) electrons. The summed E-state index contributed by atoms with van der Waals surface area (Å²) in [5, 5.41) is 18.9. The van der Waals surface area contributed by atoms with E-state index in [2.05, 4.69) is 13.0 Å². The van der Waals surface area contributed by atoms with Gasteiger partial charge in [-0.3, -0.25) is 4.79 Å². The number of nitrogens with zero attached hydrogens (tertiary/aromatic N) is 2. The van der Waals surface area contributed by atoms with Crippen LogP contribution < -0.4 is 10.6 Å². The van der Waals surface area contributed by atoms with E-state index in [-0.39, 0.29) is 6.54 Å². The summed E-state index contributed by atoms with van der Waals surface area (Å²) in [5.41, 5.74) is 7.18. The van der Waals surface area contributed by atoms with E-state index in [0.717, 1.165) is 12.8 Å². The van der Waals surface area contributed by atoms with Crippen LogP contribution >= 0.6 is 0 Å². The second-order valence-electron chi connectivity index (χ2n) is 4.80. The molecule has 0 spiro atoms. The molecule has 0 bridgehead atoms. The molecule has 108 valence electrons. The zero-order valence-electron chi connectivity index (χ0n) is 12.0. The third-order valence-electron chi connectivity index (χ3n) is 3.08. The van der Waals surface area contributed by atoms with Gasteiger partial charge in [0, 0.05) is 17.8 Å². The number of unbranched alkanes of at least 4 members (excludes halogenated alkanes) is 1. The van der Waals surface area contributed by atoms with Gasteiger partial charge in [0.25, 0.3) is 0 Å². The number of anilines is 1. The Kier molecular flexibility index (Phi) is 6.01. The molecule has 0 unspecified atom stereocenters. The molecule has 5 heteroatoms. The number of carbonyl (C=O) groups is 1. The maximum Gasteiger partial charge on any atom is 0.236 e. The van der Waals surface area contributed by atoms with Crippen molar-refractivity contribution in [3.05, 3.63) is 29.3 Å². The lowest BCUT2D eigenvalue weighted by Crippen LogP contribution is -2.35. The van der Waals surface area contributed by atoms with Crippen LogP contribution in [0.3, 0.4) is 0 Å². The number of aliphatic hydroxyl groups is 1. The highest BCUT2D eigenvalue weighted by atomic mass is 16.3. The van der Waals surface area contributed by atoms with Gasteiger partial charge in [-0.05, 0) is 25.5 Å². The normalized spacial score (nSPS) is 11.7. The molecule has 0 aliphatic carbocycles. The molecule has 0 fully saturated rings. The van der Waals surface area contributed by atoms with Gasteiger partial charge in [-0.25, -0.2) is 0 Å². The molecule has 3 N–H and O–H groups in total. The van der Waals surface area contributed by atoms with Gasteiger partial charge in [-0.2, -0.15) is 5.26 Å². The number of primary amides is 1. The molecular weight excluding hydrogens is 254 g/mol. The molecule has 5 nitrogen and oxygen atoms in total. The quantitative estimate of drug-likeness (QED) is 0.792. The highest BCUT2D eigenvalue weighted by molar-refractivity contribution is 5.80. The Morgan fingerprint density at radius 2 is 2.25 bits per heavy atom. The highest BCUT2D eigenvalue weighted by Crippen LogP contribution is 2.28. The minimum Gasteiger partial charge on any atom is -0.389 e. The summed E-state index contributed by atoms with van der Waals surface area (Å²) in [6.07, 6.45) is 1.22. The Hall–Kier alpha value is -2.06. The van der Waals surface area contributed by atoms with E-state index in [4.69, 9.17) is 11.0 Å². The monoisotopic (exact) mass is 275 g/mol. The van der Waals surface area contributed by atoms with E-state index in [1.54, 1.807) is 25.1 Å². The third kappa shape index (κ3) is 4.25. The van der Waals surface area contributed by atoms with Crippen molar-refractivity contribution < 1.29 is 9.90 Å². The highest BCUT2D eigenvalue weighted by Gasteiger charge is 2.16. The lowest BCUT2D eigenvalue weighted by atomic mass is 10.0. The van der Waals surface area contributed by atoms with Crippen LogP contribution in [0.4, 0.5) is 5.69 Å². The Morgan fingerprint density at radius 1 is 1.55 bits per heavy atom. The van der Waals surface area contributed by atoms with Gasteiger partial charge in [0.1, 0.15) is 0 Å². The van der Waals surface area contributed by atoms with Crippen LogP contribution in [0.1, 0.15) is 43.9 Å². The van der Waals surface area contributed by atoms with Crippen molar-refractivity contribution in [2.24, 2.45) is 5.73 Å². The minimum absolute atomic E-state index is 0.0780. The second-order valence-corrected chi connectivity index (χ2v) is 4.80. The van der Waals surface area contributed by atoms with E-state index >= 15 is 0 Å². The van der Waals surface area contributed by atoms with Crippen molar-refractivity contribution in [1.82, 2.24) is 0 Å². The first-order valence-corrected chi connectivity index (χ1v) is 6.75. The van der Waals surface area contributed by atoms with Crippen molar-refractivity contribution in [2.45, 2.75) is 32.8 Å². The minimum atomic E-state index is -0.672. The van der Waals surface area contributed by atoms with E-state index in [9.17, 15) is 9.90 Å². The van der Waals surface area contributed by atoms with Crippen LogP contribution in [0.25, 0.3) is 0 Å². The summed E-state index contributed by atoms with van der Waals surface area (Å²) in [6.45, 7) is 4.46. The zero-order valence-corrected chi connectivity index (χ0v) is 12.0. The Labute approximate surface area is 119 Å². The first-order valence-electron chi connectivity index (χ1n) is 6.75. The summed E-state index contributed by atoms with van der Waals surface area (Å²) in [7, 11) is 0. The lowest BCUT2D eigenvalue weighted by molar-refractivity contribution is -0.116. The van der Waals surface area contributed by atoms with Crippen LogP contribution in [-0.4, -0.2) is 24.1 Å². The van der Waals surface area contributed by atoms with Gasteiger partial charge in [0.15, 0.2) is 0 Å². The summed E-state index contributed by atoms with van der Waals surface area (Å²) < 4.78 is 0. The Balaban J connectivity index is 3.20. The molecule has 0 heterocycles. The maximum atomic E-state index is 11.2. The van der Waals surface area contributed by atoms with E-state index in [1.165, 1.54) is 0 Å². The van der Waals surface area contributed by atoms with Crippen molar-refractivity contribution in [3.63, 3.8) is 0 Å². The largest absolute Gasteiger partial charge is 0.389 e. The van der Waals surface area contributed by atoms with Crippen molar-refractivity contribution in [1.29, 1.82) is 5.26 Å². The number of nitrogens with two attached hydrogens (primary N) is 1. The molecule has 0 aromatic heterocycles. The molecule has 1 atom stereocenters. The average molecular weight is 275 g/mol. The predicted molar refractivity (Wildman–Crippen MR) is 78.1 cm³/mol. The molecule has 0 saturated heterocycles. The summed E-state index contributed by atoms with van der Waals surface area (Å²) in [4.78, 5) is 13.1. The number of amides is 1. The molecule has 0 saturated carbocycles. The summed E-state index contributed by atoms with van der Waals surface area (Å²) in [5.74, 6) is -0.431. The van der Waals surface area contributed by atoms with Gasteiger partial charge >= 0.3 is 0 Å². The van der Waals surface area contributed by atoms with Crippen LogP contribution in [0.15, 0.2) is 18.2 Å². The van der Waals surface area contributed by atoms with Gasteiger partial charge in [0.05, 0.1) is 24.3 Å². The van der Waals surface area contributed by atoms with Crippen LogP contribution in [0.2, 0.25) is 0 Å². The first kappa shape index (κ1) is 16.0. The molecular formula is C15H21N3O2. The van der Waals surface area contributed by atoms with Crippen LogP contribution in [0.5, 0.6) is 0 Å². The fourth-order valence-electron chi connectivity index (χ4n) is 2.06. The fourth-order valence-corrected chi connectivity index (χ4v) is 2.06. The number of benzene rings is 1. The van der Waals surface area contributed by atoms with E-state index in [1.807, 2.05) is 4.90 Å². The number of rotatable bonds is 7. The number of carbonyl (C=O) groups excluding carboxylic acids is 1. The average Bonchev–Trinajstić information content (AvgIpc) is 2.42. The summed E-state index contributed by atoms with van der Waals surface area (Å²) >= 11 is 0. The second kappa shape index (κ2) is 7.51. The molecule has 0 aliphatic heterocycles. The molecule has 1 aromatic rings. The lowest BCUT2D eigenvalue weighted by Gasteiger charge is -2.27. The van der Waals surface area contributed by atoms with Gasteiger partial charge in [-0.15, -0.1) is 0 Å². The number of nitriles is 1. The van der Waals surface area contributed by atoms with Gasteiger partial charge in [-0.1, -0.05) is 19.4 Å². The molecule has 1 amide bonds. The Morgan fingerprint density at radius 3 is 2.75 bits per heavy atom. The molecule has 1 aromatic carbocycles. The smallest absolute Gasteiger partial charge is 0.236 e. The number of aliphatic hydroxyl groups excluding tert-OH is 1. The molecule has 20 heavy (non-hydrogen) atoms. The van der Waals surface area contributed by atoms with E-state index in [0.29, 0.717) is 23.4 Å². The standard InChI is InChI=1S/C15H21N3O2/c1-3-4-7-18(10-15(17)20)14-8-12(9-16)5-6-13(14)11(2)19/h5-6,8,11,19H,3-4,7,10H2,1-2H3,(H2,17,20)/t11-/m0/s1. The fraction of sp³-hybridized carbons (Fsp3) is 0.467. The zero-order chi connectivity index (χ0) is 15.1. The Bertz CT molecular complexity index is 506. The number of hydrogen-bond donors (Lipinski definition) is 2. The first-order chi connectivity index (χ1) is 9.49. The van der Waals surface area contributed by atoms with E-state index < -0.39 is 12.0 Å². The SMILES string of the molecule is CCCCN(CC(N)=O)c1cc(C#N)ccc1[C@H](C)O. The summed E-state index contributed by atoms with van der Waals surface area (Å²) in [6, 6.07) is 7.15. The predicted octanol–water partition coefficient (Wildman–Crippen LogP) is 1.70. The van der Waals surface area contributed by atoms with Gasteiger partial charge < -0.3 is 15.7 Å². The van der Waals surface area contributed by atoms with Crippen molar-refractivity contribution in [2.75, 3.05) is 18.0 Å². The number of hydrogen-bond acceptors (Lipinski definition) is 4.